The van der Waals surface area contributed by atoms with Gasteiger partial charge in [0.2, 0.25) is 0 Å². The summed E-state index contributed by atoms with van der Waals surface area (Å²) in [6.45, 7) is 7.44. The van der Waals surface area contributed by atoms with Gasteiger partial charge in [0.05, 0.1) is 11.3 Å². The standard InChI is InChI=1S/C22H27N3O2/c1-15(2)18-5-3-4-6-20(18)25-13-17(7-8-21(25)26)22(27)23-19-14-24-11-9-16(19)10-12-24/h3-8,13,15-16,19H,9-12,14H2,1-2H3,(H,23,27). The highest BCUT2D eigenvalue weighted by Crippen LogP contribution is 2.27. The molecule has 0 spiro atoms. The third-order valence-electron chi connectivity index (χ3n) is 5.96. The smallest absolute Gasteiger partial charge is 0.255 e. The maximum absolute atomic E-state index is 12.9. The number of benzene rings is 1. The molecule has 4 heterocycles. The Balaban J connectivity index is 1.61. The lowest BCUT2D eigenvalue weighted by Crippen LogP contribution is -2.57. The Labute approximate surface area is 160 Å². The lowest BCUT2D eigenvalue weighted by molar-refractivity contribution is 0.0620. The van der Waals surface area contributed by atoms with Crippen molar-refractivity contribution in [3.8, 4) is 5.69 Å². The van der Waals surface area contributed by atoms with Gasteiger partial charge in [-0.25, -0.2) is 0 Å². The summed E-state index contributed by atoms with van der Waals surface area (Å²) in [6, 6.07) is 11.2. The van der Waals surface area contributed by atoms with Crippen molar-refractivity contribution in [2.75, 3.05) is 19.6 Å². The van der Waals surface area contributed by atoms with Gasteiger partial charge in [-0.2, -0.15) is 0 Å². The number of carbonyl (C=O) groups is 1. The van der Waals surface area contributed by atoms with E-state index in [4.69, 9.17) is 0 Å². The second-order valence-electron chi connectivity index (χ2n) is 8.06. The van der Waals surface area contributed by atoms with Crippen LogP contribution in [0.5, 0.6) is 0 Å². The van der Waals surface area contributed by atoms with Crippen LogP contribution in [0, 0.1) is 5.92 Å². The van der Waals surface area contributed by atoms with Crippen molar-refractivity contribution in [2.45, 2.75) is 38.6 Å². The molecule has 5 heteroatoms. The summed E-state index contributed by atoms with van der Waals surface area (Å²) in [7, 11) is 0. The van der Waals surface area contributed by atoms with E-state index in [2.05, 4.69) is 24.1 Å². The normalized spacial score (nSPS) is 24.2. The number of nitrogens with zero attached hydrogens (tertiary/aromatic N) is 2. The molecule has 1 atom stereocenters. The predicted octanol–water partition coefficient (Wildman–Crippen LogP) is 2.78. The van der Waals surface area contributed by atoms with E-state index in [1.807, 2.05) is 24.3 Å². The predicted molar refractivity (Wildman–Crippen MR) is 107 cm³/mol. The van der Waals surface area contributed by atoms with Crippen molar-refractivity contribution in [3.05, 3.63) is 64.1 Å². The van der Waals surface area contributed by atoms with Crippen molar-refractivity contribution in [2.24, 2.45) is 5.92 Å². The maximum atomic E-state index is 12.9. The average Bonchev–Trinajstić information content (AvgIpc) is 2.69. The number of amides is 1. The molecule has 1 aromatic carbocycles. The van der Waals surface area contributed by atoms with Crippen molar-refractivity contribution >= 4 is 5.91 Å². The van der Waals surface area contributed by atoms with Gasteiger partial charge in [-0.1, -0.05) is 32.0 Å². The first-order valence-corrected chi connectivity index (χ1v) is 9.88. The van der Waals surface area contributed by atoms with Crippen LogP contribution in [0.3, 0.4) is 0 Å². The largest absolute Gasteiger partial charge is 0.348 e. The molecule has 0 aliphatic carbocycles. The minimum atomic E-state index is -0.123. The van der Waals surface area contributed by atoms with Crippen LogP contribution in [0.25, 0.3) is 5.69 Å². The van der Waals surface area contributed by atoms with Crippen molar-refractivity contribution in [1.29, 1.82) is 0 Å². The Kier molecular flexibility index (Phi) is 4.87. The van der Waals surface area contributed by atoms with Gasteiger partial charge in [-0.3, -0.25) is 14.2 Å². The zero-order valence-electron chi connectivity index (χ0n) is 16.0. The van der Waals surface area contributed by atoms with Crippen LogP contribution in [-0.4, -0.2) is 41.1 Å². The van der Waals surface area contributed by atoms with Gasteiger partial charge in [0, 0.05) is 24.8 Å². The zero-order chi connectivity index (χ0) is 19.0. The molecule has 5 rings (SSSR count). The van der Waals surface area contributed by atoms with Crippen LogP contribution >= 0.6 is 0 Å². The number of hydrogen-bond acceptors (Lipinski definition) is 3. The Bertz CT molecular complexity index is 894. The molecule has 2 bridgehead atoms. The molecular weight excluding hydrogens is 338 g/mol. The number of piperidine rings is 3. The van der Waals surface area contributed by atoms with Gasteiger partial charge in [-0.15, -0.1) is 0 Å². The van der Waals surface area contributed by atoms with Crippen LogP contribution in [0.4, 0.5) is 0 Å². The summed E-state index contributed by atoms with van der Waals surface area (Å²) < 4.78 is 1.60. The first kappa shape index (κ1) is 18.0. The van der Waals surface area contributed by atoms with E-state index in [-0.39, 0.29) is 23.4 Å². The first-order chi connectivity index (χ1) is 13.0. The average molecular weight is 365 g/mol. The number of nitrogens with one attached hydrogen (secondary N) is 1. The second kappa shape index (κ2) is 7.31. The highest BCUT2D eigenvalue weighted by molar-refractivity contribution is 5.94. The van der Waals surface area contributed by atoms with Crippen LogP contribution in [0.15, 0.2) is 47.4 Å². The molecule has 0 radical (unpaired) electrons. The van der Waals surface area contributed by atoms with Gasteiger partial charge in [-0.05, 0) is 55.5 Å². The van der Waals surface area contributed by atoms with Gasteiger partial charge in [0.15, 0.2) is 0 Å². The number of carbonyl (C=O) groups excluding carboxylic acids is 1. The third kappa shape index (κ3) is 3.56. The SMILES string of the molecule is CC(C)c1ccccc1-n1cc(C(=O)NC2CN3CCC2CC3)ccc1=O. The molecule has 5 nitrogen and oxygen atoms in total. The number of aromatic nitrogens is 1. The van der Waals surface area contributed by atoms with Crippen LogP contribution in [-0.2, 0) is 0 Å². The van der Waals surface area contributed by atoms with E-state index in [1.54, 1.807) is 16.8 Å². The molecule has 3 aliphatic heterocycles. The van der Waals surface area contributed by atoms with Crippen molar-refractivity contribution in [3.63, 3.8) is 0 Å². The molecule has 1 unspecified atom stereocenters. The number of hydrogen-bond donors (Lipinski definition) is 1. The van der Waals surface area contributed by atoms with Crippen molar-refractivity contribution < 1.29 is 4.79 Å². The molecule has 3 aliphatic rings. The molecule has 1 N–H and O–H groups in total. The fraction of sp³-hybridized carbons (Fsp3) is 0.455. The van der Waals surface area contributed by atoms with E-state index in [0.29, 0.717) is 11.5 Å². The molecule has 3 fully saturated rings. The van der Waals surface area contributed by atoms with Gasteiger partial charge in [0.25, 0.3) is 11.5 Å². The monoisotopic (exact) mass is 365 g/mol. The lowest BCUT2D eigenvalue weighted by atomic mass is 9.84. The minimum absolute atomic E-state index is 0.0930. The van der Waals surface area contributed by atoms with Gasteiger partial charge >= 0.3 is 0 Å². The fourth-order valence-electron chi connectivity index (χ4n) is 4.39. The highest BCUT2D eigenvalue weighted by atomic mass is 16.2. The van der Waals surface area contributed by atoms with Gasteiger partial charge in [0.1, 0.15) is 0 Å². The van der Waals surface area contributed by atoms with Gasteiger partial charge < -0.3 is 10.2 Å². The van der Waals surface area contributed by atoms with E-state index in [1.165, 1.54) is 6.07 Å². The Hall–Kier alpha value is -2.40. The van der Waals surface area contributed by atoms with E-state index >= 15 is 0 Å². The molecule has 3 saturated heterocycles. The molecule has 0 saturated carbocycles. The summed E-state index contributed by atoms with van der Waals surface area (Å²) in [5.74, 6) is 0.772. The molecule has 27 heavy (non-hydrogen) atoms. The van der Waals surface area contributed by atoms with E-state index in [0.717, 1.165) is 43.7 Å². The lowest BCUT2D eigenvalue weighted by Gasteiger charge is -2.44. The summed E-state index contributed by atoms with van der Waals surface area (Å²) in [6.07, 6.45) is 4.00. The molecular formula is C22H27N3O2. The summed E-state index contributed by atoms with van der Waals surface area (Å²) in [5, 5.41) is 3.21. The second-order valence-corrected chi connectivity index (χ2v) is 8.06. The Morgan fingerprint density at radius 3 is 2.52 bits per heavy atom. The summed E-state index contributed by atoms with van der Waals surface area (Å²) in [4.78, 5) is 27.8. The Morgan fingerprint density at radius 2 is 1.85 bits per heavy atom. The molecule has 1 amide bonds. The quantitative estimate of drug-likeness (QED) is 0.906. The highest BCUT2D eigenvalue weighted by Gasteiger charge is 2.35. The fourth-order valence-corrected chi connectivity index (χ4v) is 4.39. The third-order valence-corrected chi connectivity index (χ3v) is 5.96. The zero-order valence-corrected chi connectivity index (χ0v) is 16.0. The van der Waals surface area contributed by atoms with Crippen LogP contribution in [0.2, 0.25) is 0 Å². The molecule has 1 aromatic heterocycles. The number of pyridine rings is 1. The first-order valence-electron chi connectivity index (χ1n) is 9.88. The van der Waals surface area contributed by atoms with E-state index < -0.39 is 0 Å². The molecule has 2 aromatic rings. The van der Waals surface area contributed by atoms with E-state index in [9.17, 15) is 9.59 Å². The summed E-state index contributed by atoms with van der Waals surface area (Å²) >= 11 is 0. The van der Waals surface area contributed by atoms with Crippen LogP contribution < -0.4 is 10.9 Å². The Morgan fingerprint density at radius 1 is 1.11 bits per heavy atom. The summed E-state index contributed by atoms with van der Waals surface area (Å²) in [5.41, 5.74) is 2.34. The number of rotatable bonds is 4. The molecule has 142 valence electrons. The number of para-hydroxylation sites is 1. The van der Waals surface area contributed by atoms with Crippen LogP contribution in [0.1, 0.15) is 48.5 Å². The van der Waals surface area contributed by atoms with Crippen molar-refractivity contribution in [1.82, 2.24) is 14.8 Å². The maximum Gasteiger partial charge on any atom is 0.255 e. The minimum Gasteiger partial charge on any atom is -0.348 e. The number of fused-ring (bicyclic) bond motifs is 3. The topological polar surface area (TPSA) is 54.3 Å².